The fourth-order valence-electron chi connectivity index (χ4n) is 0.612. The van der Waals surface area contributed by atoms with Crippen LogP contribution in [0.3, 0.4) is 0 Å². The zero-order valence-electron chi connectivity index (χ0n) is 6.21. The van der Waals surface area contributed by atoms with Gasteiger partial charge >= 0.3 is 0 Å². The van der Waals surface area contributed by atoms with Crippen molar-refractivity contribution >= 4 is 19.9 Å². The van der Waals surface area contributed by atoms with Gasteiger partial charge in [0.05, 0.1) is 0 Å². The Labute approximate surface area is 67.6 Å². The molecular weight excluding hydrogens is 167 g/mol. The van der Waals surface area contributed by atoms with Gasteiger partial charge in [0.2, 0.25) is 0 Å². The molecule has 3 N–H and O–H groups in total. The highest BCUT2D eigenvalue weighted by Gasteiger charge is 2.10. The number of nitrogens with one attached hydrogen (secondary N) is 1. The minimum Gasteiger partial charge on any atom is -0.330 e. The molecule has 0 saturated heterocycles. The highest BCUT2D eigenvalue weighted by atomic mass is 32.1. The SMILES string of the molecule is CP(=O)(CCN)NCCS. The Hall–Kier alpha value is 0.500. The lowest BCUT2D eigenvalue weighted by molar-refractivity contribution is 0.570. The summed E-state index contributed by atoms with van der Waals surface area (Å²) in [5.74, 6) is 0.711. The first-order chi connectivity index (χ1) is 4.62. The van der Waals surface area contributed by atoms with Crippen LogP contribution >= 0.6 is 19.9 Å². The van der Waals surface area contributed by atoms with E-state index in [1.54, 1.807) is 6.66 Å². The molecule has 0 radical (unpaired) electrons. The van der Waals surface area contributed by atoms with E-state index in [4.69, 9.17) is 5.73 Å². The molecule has 10 heavy (non-hydrogen) atoms. The second-order valence-corrected chi connectivity index (χ2v) is 5.66. The molecule has 1 atom stereocenters. The third-order valence-electron chi connectivity index (χ3n) is 1.11. The molecule has 0 aromatic heterocycles. The molecule has 0 spiro atoms. The van der Waals surface area contributed by atoms with E-state index >= 15 is 0 Å². The summed E-state index contributed by atoms with van der Waals surface area (Å²) in [6.45, 7) is 2.88. The lowest BCUT2D eigenvalue weighted by atomic mass is 10.8. The van der Waals surface area contributed by atoms with Gasteiger partial charge in [0, 0.05) is 31.7 Å². The van der Waals surface area contributed by atoms with Gasteiger partial charge in [-0.1, -0.05) is 0 Å². The molecule has 0 aliphatic carbocycles. The van der Waals surface area contributed by atoms with Crippen molar-refractivity contribution in [3.05, 3.63) is 0 Å². The van der Waals surface area contributed by atoms with Crippen LogP contribution in [0.2, 0.25) is 0 Å². The van der Waals surface area contributed by atoms with Crippen molar-refractivity contribution in [3.8, 4) is 0 Å². The molecule has 0 aliphatic rings. The zero-order chi connectivity index (χ0) is 8.04. The minimum atomic E-state index is -2.13. The van der Waals surface area contributed by atoms with Gasteiger partial charge < -0.3 is 10.3 Å². The van der Waals surface area contributed by atoms with Crippen molar-refractivity contribution in [3.63, 3.8) is 0 Å². The maximum Gasteiger partial charge on any atom is 0.146 e. The number of nitrogens with two attached hydrogens (primary N) is 1. The van der Waals surface area contributed by atoms with Gasteiger partial charge in [0.25, 0.3) is 0 Å². The average Bonchev–Trinajstić information content (AvgIpc) is 1.84. The first-order valence-corrected chi connectivity index (χ1v) is 6.22. The lowest BCUT2D eigenvalue weighted by Crippen LogP contribution is -2.18. The molecular formula is C5H15N2OPS. The Bertz CT molecular complexity index is 131. The fourth-order valence-corrected chi connectivity index (χ4v) is 2.14. The summed E-state index contributed by atoms with van der Waals surface area (Å²) in [6.07, 6.45) is 0.570. The molecule has 0 heterocycles. The number of thiol groups is 1. The molecule has 1 unspecified atom stereocenters. The second kappa shape index (κ2) is 5.19. The van der Waals surface area contributed by atoms with E-state index in [2.05, 4.69) is 17.7 Å². The summed E-state index contributed by atoms with van der Waals surface area (Å²) in [6, 6.07) is 0. The third kappa shape index (κ3) is 5.30. The van der Waals surface area contributed by atoms with E-state index in [1.165, 1.54) is 0 Å². The Kier molecular flexibility index (Phi) is 5.45. The second-order valence-electron chi connectivity index (χ2n) is 2.24. The van der Waals surface area contributed by atoms with Gasteiger partial charge in [-0.05, 0) is 0 Å². The van der Waals surface area contributed by atoms with Crippen LogP contribution in [0.25, 0.3) is 0 Å². The summed E-state index contributed by atoms with van der Waals surface area (Å²) in [4.78, 5) is 0. The standard InChI is InChI=1S/C5H15N2OPS/c1-9(8,4-2-6)7-3-5-10/h10H,2-6H2,1H3,(H,7,8). The van der Waals surface area contributed by atoms with E-state index in [1.807, 2.05) is 0 Å². The molecule has 5 heteroatoms. The van der Waals surface area contributed by atoms with Crippen LogP contribution in [0.15, 0.2) is 0 Å². The van der Waals surface area contributed by atoms with Crippen molar-refractivity contribution in [2.45, 2.75) is 0 Å². The van der Waals surface area contributed by atoms with E-state index in [-0.39, 0.29) is 0 Å². The Morgan fingerprint density at radius 3 is 2.70 bits per heavy atom. The molecule has 0 saturated carbocycles. The summed E-state index contributed by atoms with van der Waals surface area (Å²) in [7, 11) is -2.13. The average molecular weight is 182 g/mol. The summed E-state index contributed by atoms with van der Waals surface area (Å²) in [5, 5.41) is 2.91. The number of hydrogen-bond acceptors (Lipinski definition) is 3. The maximum absolute atomic E-state index is 11.3. The van der Waals surface area contributed by atoms with Gasteiger partial charge in [-0.25, -0.2) is 0 Å². The highest BCUT2D eigenvalue weighted by molar-refractivity contribution is 7.80. The monoisotopic (exact) mass is 182 g/mol. The van der Waals surface area contributed by atoms with Gasteiger partial charge in [0.15, 0.2) is 0 Å². The normalized spacial score (nSPS) is 16.7. The molecule has 0 aromatic carbocycles. The van der Waals surface area contributed by atoms with Crippen LogP contribution in [0, 0.1) is 0 Å². The molecule has 62 valence electrons. The van der Waals surface area contributed by atoms with Crippen LogP contribution in [0.4, 0.5) is 0 Å². The third-order valence-corrected chi connectivity index (χ3v) is 3.34. The lowest BCUT2D eigenvalue weighted by Gasteiger charge is -2.11. The fraction of sp³-hybridized carbons (Fsp3) is 1.00. The van der Waals surface area contributed by atoms with E-state index in [0.29, 0.717) is 25.0 Å². The first-order valence-electron chi connectivity index (χ1n) is 3.25. The van der Waals surface area contributed by atoms with Gasteiger partial charge in [-0.3, -0.25) is 5.09 Å². The maximum atomic E-state index is 11.3. The van der Waals surface area contributed by atoms with E-state index in [0.717, 1.165) is 0 Å². The predicted octanol–water partition coefficient (Wildman–Crippen LogP) is 0.372. The Balaban J connectivity index is 3.53. The quantitative estimate of drug-likeness (QED) is 0.425. The van der Waals surface area contributed by atoms with Crippen LogP contribution in [-0.2, 0) is 4.57 Å². The summed E-state index contributed by atoms with van der Waals surface area (Å²) < 4.78 is 11.3. The number of rotatable bonds is 5. The van der Waals surface area contributed by atoms with Crippen molar-refractivity contribution in [1.29, 1.82) is 0 Å². The molecule has 0 rings (SSSR count). The van der Waals surface area contributed by atoms with Crippen molar-refractivity contribution in [2.75, 3.05) is 31.7 Å². The van der Waals surface area contributed by atoms with Crippen LogP contribution < -0.4 is 10.8 Å². The Morgan fingerprint density at radius 2 is 2.30 bits per heavy atom. The van der Waals surface area contributed by atoms with E-state index < -0.39 is 7.29 Å². The Morgan fingerprint density at radius 1 is 1.70 bits per heavy atom. The zero-order valence-corrected chi connectivity index (χ0v) is 8.00. The summed E-state index contributed by atoms with van der Waals surface area (Å²) >= 11 is 3.99. The van der Waals surface area contributed by atoms with Crippen molar-refractivity contribution in [2.24, 2.45) is 5.73 Å². The predicted molar refractivity (Wildman–Crippen MR) is 49.3 cm³/mol. The molecule has 0 aromatic rings. The van der Waals surface area contributed by atoms with Crippen LogP contribution in [-0.4, -0.2) is 31.7 Å². The molecule has 0 aliphatic heterocycles. The van der Waals surface area contributed by atoms with Crippen molar-refractivity contribution < 1.29 is 4.57 Å². The van der Waals surface area contributed by atoms with Gasteiger partial charge in [0.1, 0.15) is 7.29 Å². The number of hydrogen-bond donors (Lipinski definition) is 3. The highest BCUT2D eigenvalue weighted by Crippen LogP contribution is 2.33. The van der Waals surface area contributed by atoms with Gasteiger partial charge in [-0.2, -0.15) is 12.6 Å². The molecule has 3 nitrogen and oxygen atoms in total. The van der Waals surface area contributed by atoms with E-state index in [9.17, 15) is 4.57 Å². The first kappa shape index (κ1) is 10.5. The molecule has 0 amide bonds. The van der Waals surface area contributed by atoms with Gasteiger partial charge in [-0.15, -0.1) is 0 Å². The topological polar surface area (TPSA) is 55.1 Å². The van der Waals surface area contributed by atoms with Crippen LogP contribution in [0.1, 0.15) is 0 Å². The van der Waals surface area contributed by atoms with Crippen LogP contribution in [0.5, 0.6) is 0 Å². The molecule has 0 fully saturated rings. The molecule has 0 bridgehead atoms. The van der Waals surface area contributed by atoms with Crippen molar-refractivity contribution in [1.82, 2.24) is 5.09 Å². The largest absolute Gasteiger partial charge is 0.330 e. The smallest absolute Gasteiger partial charge is 0.146 e. The minimum absolute atomic E-state index is 0.480. The summed E-state index contributed by atoms with van der Waals surface area (Å²) in [5.41, 5.74) is 5.26.